The molecule has 0 spiro atoms. The number of amides is 1. The lowest BCUT2D eigenvalue weighted by Crippen LogP contribution is -2.22. The number of nitriles is 1. The maximum absolute atomic E-state index is 13.7. The summed E-state index contributed by atoms with van der Waals surface area (Å²) in [5.41, 5.74) is 0.601. The Labute approximate surface area is 106 Å². The van der Waals surface area contributed by atoms with Crippen LogP contribution in [0.15, 0.2) is 18.2 Å². The standard InChI is InChI=1S/C13H16FN3O/c1-9(7-15)8-16-10-4-5-11(12(14)6-10)13(18)17(2)3/h4-6,9,16H,8H2,1-3H3. The first-order valence-electron chi connectivity index (χ1n) is 5.60. The number of carbonyl (C=O) groups excluding carboxylic acids is 1. The van der Waals surface area contributed by atoms with Crippen molar-refractivity contribution >= 4 is 11.6 Å². The summed E-state index contributed by atoms with van der Waals surface area (Å²) in [6.45, 7) is 2.21. The molecule has 0 aliphatic heterocycles. The van der Waals surface area contributed by atoms with Crippen LogP contribution >= 0.6 is 0 Å². The van der Waals surface area contributed by atoms with Crippen LogP contribution in [-0.2, 0) is 0 Å². The third-order valence-electron chi connectivity index (χ3n) is 2.44. The summed E-state index contributed by atoms with van der Waals surface area (Å²) in [5, 5.41) is 11.6. The van der Waals surface area contributed by atoms with Crippen molar-refractivity contribution in [2.75, 3.05) is 26.0 Å². The third-order valence-corrected chi connectivity index (χ3v) is 2.44. The Morgan fingerprint density at radius 3 is 2.72 bits per heavy atom. The molecule has 0 fully saturated rings. The Kier molecular flexibility index (Phi) is 4.67. The van der Waals surface area contributed by atoms with Crippen molar-refractivity contribution in [2.24, 2.45) is 5.92 Å². The van der Waals surface area contributed by atoms with Gasteiger partial charge >= 0.3 is 0 Å². The highest BCUT2D eigenvalue weighted by Crippen LogP contribution is 2.16. The number of hydrogen-bond acceptors (Lipinski definition) is 3. The van der Waals surface area contributed by atoms with Crippen molar-refractivity contribution in [3.8, 4) is 6.07 Å². The molecule has 18 heavy (non-hydrogen) atoms. The first-order chi connectivity index (χ1) is 8.45. The van der Waals surface area contributed by atoms with Crippen LogP contribution < -0.4 is 5.32 Å². The number of benzene rings is 1. The zero-order valence-corrected chi connectivity index (χ0v) is 10.7. The number of hydrogen-bond donors (Lipinski definition) is 1. The minimum atomic E-state index is -0.566. The lowest BCUT2D eigenvalue weighted by molar-refractivity contribution is 0.0823. The van der Waals surface area contributed by atoms with Crippen LogP contribution in [0.3, 0.4) is 0 Å². The maximum Gasteiger partial charge on any atom is 0.256 e. The van der Waals surface area contributed by atoms with Crippen molar-refractivity contribution in [3.05, 3.63) is 29.6 Å². The van der Waals surface area contributed by atoms with Gasteiger partial charge in [-0.25, -0.2) is 4.39 Å². The smallest absolute Gasteiger partial charge is 0.256 e. The molecule has 4 nitrogen and oxygen atoms in total. The van der Waals surface area contributed by atoms with Crippen LogP contribution in [0.2, 0.25) is 0 Å². The predicted octanol–water partition coefficient (Wildman–Crippen LogP) is 2.10. The molecule has 96 valence electrons. The van der Waals surface area contributed by atoms with E-state index < -0.39 is 5.82 Å². The molecule has 1 atom stereocenters. The molecule has 1 N–H and O–H groups in total. The van der Waals surface area contributed by atoms with E-state index in [0.717, 1.165) is 0 Å². The van der Waals surface area contributed by atoms with E-state index in [0.29, 0.717) is 12.2 Å². The van der Waals surface area contributed by atoms with Gasteiger partial charge in [0.05, 0.1) is 17.6 Å². The second-order valence-electron chi connectivity index (χ2n) is 4.31. The molecule has 0 aliphatic rings. The topological polar surface area (TPSA) is 56.1 Å². The molecule has 1 aromatic carbocycles. The Morgan fingerprint density at radius 2 is 2.22 bits per heavy atom. The molecule has 0 radical (unpaired) electrons. The largest absolute Gasteiger partial charge is 0.384 e. The van der Waals surface area contributed by atoms with Gasteiger partial charge < -0.3 is 10.2 Å². The van der Waals surface area contributed by atoms with E-state index in [2.05, 4.69) is 11.4 Å². The fourth-order valence-corrected chi connectivity index (χ4v) is 1.36. The van der Waals surface area contributed by atoms with Crippen LogP contribution in [0, 0.1) is 23.1 Å². The number of halogens is 1. The van der Waals surface area contributed by atoms with E-state index in [4.69, 9.17) is 5.26 Å². The van der Waals surface area contributed by atoms with Crippen LogP contribution in [0.4, 0.5) is 10.1 Å². The molecule has 1 unspecified atom stereocenters. The summed E-state index contributed by atoms with van der Waals surface area (Å²) in [6.07, 6.45) is 0. The van der Waals surface area contributed by atoms with Gasteiger partial charge in [-0.05, 0) is 25.1 Å². The molecule has 1 amide bonds. The van der Waals surface area contributed by atoms with E-state index in [1.807, 2.05) is 0 Å². The molecule has 0 aliphatic carbocycles. The first kappa shape index (κ1) is 14.0. The minimum absolute atomic E-state index is 0.0406. The zero-order chi connectivity index (χ0) is 13.7. The lowest BCUT2D eigenvalue weighted by Gasteiger charge is -2.12. The molecule has 1 aromatic rings. The lowest BCUT2D eigenvalue weighted by atomic mass is 10.1. The molecule has 0 bridgehead atoms. The van der Waals surface area contributed by atoms with Crippen LogP contribution in [0.5, 0.6) is 0 Å². The van der Waals surface area contributed by atoms with Crippen molar-refractivity contribution in [3.63, 3.8) is 0 Å². The van der Waals surface area contributed by atoms with E-state index in [1.165, 1.54) is 17.0 Å². The van der Waals surface area contributed by atoms with E-state index in [-0.39, 0.29) is 17.4 Å². The Morgan fingerprint density at radius 1 is 1.56 bits per heavy atom. The fourth-order valence-electron chi connectivity index (χ4n) is 1.36. The monoisotopic (exact) mass is 249 g/mol. The van der Waals surface area contributed by atoms with Crippen molar-refractivity contribution in [1.29, 1.82) is 5.26 Å². The van der Waals surface area contributed by atoms with Crippen molar-refractivity contribution < 1.29 is 9.18 Å². The molecular formula is C13H16FN3O. The SMILES string of the molecule is CC(C#N)CNc1ccc(C(=O)N(C)C)c(F)c1. The number of rotatable bonds is 4. The number of nitrogens with one attached hydrogen (secondary N) is 1. The summed E-state index contributed by atoms with van der Waals surface area (Å²) >= 11 is 0. The minimum Gasteiger partial charge on any atom is -0.384 e. The van der Waals surface area contributed by atoms with Gasteiger partial charge in [-0.2, -0.15) is 5.26 Å². The summed E-state index contributed by atoms with van der Waals surface area (Å²) in [7, 11) is 3.14. The fraction of sp³-hybridized carbons (Fsp3) is 0.385. The average molecular weight is 249 g/mol. The molecule has 0 saturated heterocycles. The summed E-state index contributed by atoms with van der Waals surface area (Å²) < 4.78 is 13.7. The van der Waals surface area contributed by atoms with Crippen LogP contribution in [-0.4, -0.2) is 31.4 Å². The van der Waals surface area contributed by atoms with Gasteiger partial charge in [-0.1, -0.05) is 0 Å². The third kappa shape index (κ3) is 3.45. The van der Waals surface area contributed by atoms with Crippen LogP contribution in [0.1, 0.15) is 17.3 Å². The van der Waals surface area contributed by atoms with Crippen LogP contribution in [0.25, 0.3) is 0 Å². The highest BCUT2D eigenvalue weighted by atomic mass is 19.1. The number of nitrogens with zero attached hydrogens (tertiary/aromatic N) is 2. The van der Waals surface area contributed by atoms with Gasteiger partial charge in [-0.15, -0.1) is 0 Å². The van der Waals surface area contributed by atoms with Gasteiger partial charge in [0.1, 0.15) is 5.82 Å². The number of carbonyl (C=O) groups is 1. The second kappa shape index (κ2) is 6.01. The van der Waals surface area contributed by atoms with Gasteiger partial charge in [0, 0.05) is 26.3 Å². The van der Waals surface area contributed by atoms with Gasteiger partial charge in [-0.3, -0.25) is 4.79 Å². The molecule has 0 saturated carbocycles. The average Bonchev–Trinajstić information content (AvgIpc) is 2.35. The zero-order valence-electron chi connectivity index (χ0n) is 10.7. The van der Waals surface area contributed by atoms with E-state index in [9.17, 15) is 9.18 Å². The quantitative estimate of drug-likeness (QED) is 0.889. The summed E-state index contributed by atoms with van der Waals surface area (Å²) in [6, 6.07) is 6.41. The molecule has 1 rings (SSSR count). The normalized spacial score (nSPS) is 11.5. The maximum atomic E-state index is 13.7. The summed E-state index contributed by atoms with van der Waals surface area (Å²) in [5.74, 6) is -1.09. The highest BCUT2D eigenvalue weighted by molar-refractivity contribution is 5.94. The van der Waals surface area contributed by atoms with E-state index >= 15 is 0 Å². The predicted molar refractivity (Wildman–Crippen MR) is 67.7 cm³/mol. The Bertz CT molecular complexity index is 480. The van der Waals surface area contributed by atoms with Gasteiger partial charge in [0.2, 0.25) is 0 Å². The Hall–Kier alpha value is -2.09. The Balaban J connectivity index is 2.80. The van der Waals surface area contributed by atoms with Gasteiger partial charge in [0.25, 0.3) is 5.91 Å². The van der Waals surface area contributed by atoms with Crippen molar-refractivity contribution in [2.45, 2.75) is 6.92 Å². The molecule has 0 aromatic heterocycles. The molecule has 5 heteroatoms. The highest BCUT2D eigenvalue weighted by Gasteiger charge is 2.13. The van der Waals surface area contributed by atoms with Crippen molar-refractivity contribution in [1.82, 2.24) is 4.90 Å². The van der Waals surface area contributed by atoms with E-state index in [1.54, 1.807) is 27.1 Å². The number of anilines is 1. The molecule has 0 heterocycles. The second-order valence-corrected chi connectivity index (χ2v) is 4.31. The molecular weight excluding hydrogens is 233 g/mol. The first-order valence-corrected chi connectivity index (χ1v) is 5.60. The van der Waals surface area contributed by atoms with Gasteiger partial charge in [0.15, 0.2) is 0 Å². The summed E-state index contributed by atoms with van der Waals surface area (Å²) in [4.78, 5) is 12.9.